The first kappa shape index (κ1) is 12.1. The van der Waals surface area contributed by atoms with Crippen LogP contribution in [-0.2, 0) is 4.79 Å². The summed E-state index contributed by atoms with van der Waals surface area (Å²) >= 11 is 11.9. The number of rotatable bonds is 4. The molecule has 0 saturated carbocycles. The monoisotopic (exact) mass is 270 g/mol. The van der Waals surface area contributed by atoms with Gasteiger partial charge in [-0.05, 0) is 0 Å². The molecule has 1 rings (SSSR count). The van der Waals surface area contributed by atoms with Gasteiger partial charge in [-0.2, -0.15) is 0 Å². The van der Waals surface area contributed by atoms with E-state index >= 15 is 0 Å². The lowest BCUT2D eigenvalue weighted by Crippen LogP contribution is -2.10. The summed E-state index contributed by atoms with van der Waals surface area (Å²) in [6, 6.07) is 0. The lowest BCUT2D eigenvalue weighted by molar-refractivity contribution is -0.139. The van der Waals surface area contributed by atoms with Crippen LogP contribution in [0.25, 0.3) is 0 Å². The van der Waals surface area contributed by atoms with Crippen LogP contribution in [0.3, 0.4) is 0 Å². The van der Waals surface area contributed by atoms with Crippen molar-refractivity contribution >= 4 is 46.5 Å². The quantitative estimate of drug-likeness (QED) is 0.877. The minimum Gasteiger partial charge on any atom is -0.479 e. The highest BCUT2D eigenvalue weighted by atomic mass is 35.5. The van der Waals surface area contributed by atoms with Gasteiger partial charge in [0.1, 0.15) is 9.36 Å². The summed E-state index contributed by atoms with van der Waals surface area (Å²) in [4.78, 5) is 20.7. The normalized spacial score (nSPS) is 10.0. The largest absolute Gasteiger partial charge is 0.479 e. The molecule has 2 N–H and O–H groups in total. The minimum atomic E-state index is -1.27. The van der Waals surface area contributed by atoms with E-state index in [1.807, 2.05) is 0 Å². The molecule has 1 heterocycles. The van der Waals surface area contributed by atoms with Crippen molar-refractivity contribution in [2.75, 3.05) is 6.61 Å². The zero-order chi connectivity index (χ0) is 11.6. The van der Waals surface area contributed by atoms with Gasteiger partial charge in [0.15, 0.2) is 17.2 Å². The third kappa shape index (κ3) is 2.74. The predicted molar refractivity (Wildman–Crippen MR) is 54.4 cm³/mol. The molecule has 8 heteroatoms. The second-order valence-electron chi connectivity index (χ2n) is 2.34. The number of aliphatic carboxylic acids is 1. The van der Waals surface area contributed by atoms with Crippen molar-refractivity contribution in [3.63, 3.8) is 0 Å². The maximum Gasteiger partial charge on any atom is 0.349 e. The van der Waals surface area contributed by atoms with E-state index in [0.717, 1.165) is 0 Å². The molecule has 0 radical (unpaired) electrons. The Kier molecular flexibility index (Phi) is 3.78. The highest BCUT2D eigenvalue weighted by molar-refractivity contribution is 7.19. The Morgan fingerprint density at radius 1 is 1.33 bits per heavy atom. The van der Waals surface area contributed by atoms with E-state index in [2.05, 4.69) is 0 Å². The lowest BCUT2D eigenvalue weighted by atomic mass is 10.4. The van der Waals surface area contributed by atoms with Gasteiger partial charge in [-0.3, -0.25) is 0 Å². The Bertz CT molecular complexity index is 414. The van der Waals surface area contributed by atoms with Crippen molar-refractivity contribution in [3.8, 4) is 5.75 Å². The predicted octanol–water partition coefficient (Wildman–Crippen LogP) is 2.22. The maximum atomic E-state index is 10.7. The molecule has 0 aliphatic rings. The van der Waals surface area contributed by atoms with E-state index in [0.29, 0.717) is 11.3 Å². The molecule has 0 amide bonds. The molecule has 0 aliphatic heterocycles. The fraction of sp³-hybridized carbons (Fsp3) is 0.143. The first-order chi connectivity index (χ1) is 6.93. The number of carboxylic acid groups (broad SMARTS) is 2. The maximum absolute atomic E-state index is 10.7. The molecule has 0 aromatic carbocycles. The van der Waals surface area contributed by atoms with Crippen LogP contribution >= 0.6 is 34.5 Å². The molecule has 0 aliphatic carbocycles. The molecule has 82 valence electrons. The highest BCUT2D eigenvalue weighted by Crippen LogP contribution is 2.42. The Hall–Kier alpha value is -0.980. The number of halogens is 2. The topological polar surface area (TPSA) is 83.8 Å². The molecule has 0 unspecified atom stereocenters. The van der Waals surface area contributed by atoms with Gasteiger partial charge >= 0.3 is 11.9 Å². The highest BCUT2D eigenvalue weighted by Gasteiger charge is 2.22. The average Bonchev–Trinajstić information content (AvgIpc) is 2.41. The van der Waals surface area contributed by atoms with Gasteiger partial charge in [0.25, 0.3) is 0 Å². The number of thiophene rings is 1. The van der Waals surface area contributed by atoms with Gasteiger partial charge in [0, 0.05) is 0 Å². The van der Waals surface area contributed by atoms with Crippen molar-refractivity contribution in [1.82, 2.24) is 0 Å². The molecular formula is C7H4Cl2O5S. The number of carboxylic acids is 2. The van der Waals surface area contributed by atoms with Crippen LogP contribution < -0.4 is 4.74 Å². The van der Waals surface area contributed by atoms with Crippen LogP contribution in [0.1, 0.15) is 9.67 Å². The molecule has 0 bridgehead atoms. The van der Waals surface area contributed by atoms with Crippen LogP contribution in [-0.4, -0.2) is 28.8 Å². The number of hydrogen-bond acceptors (Lipinski definition) is 4. The summed E-state index contributed by atoms with van der Waals surface area (Å²) in [5.74, 6) is -2.71. The lowest BCUT2D eigenvalue weighted by Gasteiger charge is -2.02. The van der Waals surface area contributed by atoms with Crippen LogP contribution in [0.4, 0.5) is 0 Å². The van der Waals surface area contributed by atoms with Crippen LogP contribution in [0, 0.1) is 0 Å². The molecule has 0 atom stereocenters. The number of carbonyl (C=O) groups is 2. The van der Waals surface area contributed by atoms with Gasteiger partial charge in [-0.25, -0.2) is 9.59 Å². The van der Waals surface area contributed by atoms with Crippen LogP contribution in [0.5, 0.6) is 5.75 Å². The minimum absolute atomic E-state index is 0.0504. The van der Waals surface area contributed by atoms with E-state index < -0.39 is 18.5 Å². The first-order valence-electron chi connectivity index (χ1n) is 3.49. The van der Waals surface area contributed by atoms with Gasteiger partial charge in [-0.1, -0.05) is 23.2 Å². The second-order valence-corrected chi connectivity index (χ2v) is 4.34. The zero-order valence-electron chi connectivity index (χ0n) is 6.99. The molecule has 0 fully saturated rings. The van der Waals surface area contributed by atoms with Crippen molar-refractivity contribution < 1.29 is 24.5 Å². The average molecular weight is 271 g/mol. The van der Waals surface area contributed by atoms with Gasteiger partial charge in [-0.15, -0.1) is 11.3 Å². The summed E-state index contributed by atoms with van der Waals surface area (Å²) in [6.45, 7) is -0.674. The molecule has 15 heavy (non-hydrogen) atoms. The van der Waals surface area contributed by atoms with E-state index in [1.165, 1.54) is 0 Å². The van der Waals surface area contributed by atoms with Crippen LogP contribution in [0.15, 0.2) is 0 Å². The number of hydrogen-bond donors (Lipinski definition) is 2. The Morgan fingerprint density at radius 2 is 1.93 bits per heavy atom. The van der Waals surface area contributed by atoms with Crippen molar-refractivity contribution in [3.05, 3.63) is 14.2 Å². The molecule has 0 saturated heterocycles. The Labute approximate surface area is 97.8 Å². The van der Waals surface area contributed by atoms with E-state index in [1.54, 1.807) is 0 Å². The van der Waals surface area contributed by atoms with Gasteiger partial charge in [0.05, 0.1) is 0 Å². The summed E-state index contributed by atoms with van der Waals surface area (Å²) in [5, 5.41) is 17.0. The van der Waals surface area contributed by atoms with Gasteiger partial charge in [0.2, 0.25) is 0 Å². The summed E-state index contributed by atoms with van der Waals surface area (Å²) in [5.41, 5.74) is 0. The molecule has 5 nitrogen and oxygen atoms in total. The number of ether oxygens (including phenoxy) is 1. The standard InChI is InChI=1S/C7H4Cl2O5S/c8-3-4(14-1-2(10)11)5(7(12)13)15-6(3)9/h1H2,(H,10,11)(H,12,13). The molecule has 0 spiro atoms. The third-order valence-corrected chi connectivity index (χ3v) is 3.24. The first-order valence-corrected chi connectivity index (χ1v) is 5.06. The molecule has 1 aromatic heterocycles. The van der Waals surface area contributed by atoms with Crippen molar-refractivity contribution in [1.29, 1.82) is 0 Å². The van der Waals surface area contributed by atoms with Crippen LogP contribution in [0.2, 0.25) is 9.36 Å². The van der Waals surface area contributed by atoms with Crippen molar-refractivity contribution in [2.24, 2.45) is 0 Å². The summed E-state index contributed by atoms with van der Waals surface area (Å²) < 4.78 is 4.78. The SMILES string of the molecule is O=C(O)COc1c(C(=O)O)sc(Cl)c1Cl. The fourth-order valence-corrected chi connectivity index (χ4v) is 2.11. The summed E-state index contributed by atoms with van der Waals surface area (Å²) in [6.07, 6.45) is 0. The Morgan fingerprint density at radius 3 is 2.40 bits per heavy atom. The van der Waals surface area contributed by atoms with E-state index in [9.17, 15) is 9.59 Å². The van der Waals surface area contributed by atoms with E-state index in [-0.39, 0.29) is 20.0 Å². The van der Waals surface area contributed by atoms with Crippen molar-refractivity contribution in [2.45, 2.75) is 0 Å². The third-order valence-electron chi connectivity index (χ3n) is 1.30. The fourth-order valence-electron chi connectivity index (χ4n) is 0.773. The zero-order valence-corrected chi connectivity index (χ0v) is 9.32. The number of aromatic carboxylic acids is 1. The second kappa shape index (κ2) is 4.69. The summed E-state index contributed by atoms with van der Waals surface area (Å²) in [7, 11) is 0. The van der Waals surface area contributed by atoms with E-state index in [4.69, 9.17) is 38.2 Å². The van der Waals surface area contributed by atoms with Gasteiger partial charge < -0.3 is 14.9 Å². The molecule has 1 aromatic rings. The smallest absolute Gasteiger partial charge is 0.349 e. The molecular weight excluding hydrogens is 267 g/mol. The Balaban J connectivity index is 3.02.